The minimum Gasteiger partial charge on any atom is -0.462 e. The van der Waals surface area contributed by atoms with Gasteiger partial charge in [0, 0.05) is 12.0 Å². The van der Waals surface area contributed by atoms with Crippen LogP contribution in [0.15, 0.2) is 51.6 Å². The first-order valence-electron chi connectivity index (χ1n) is 9.70. The van der Waals surface area contributed by atoms with Crippen LogP contribution < -0.4 is 0 Å². The fraction of sp³-hybridized carbons (Fsp3) is 0.417. The monoisotopic (exact) mass is 397 g/mol. The second kappa shape index (κ2) is 11.7. The molecule has 0 saturated carbocycles. The highest BCUT2D eigenvalue weighted by Gasteiger charge is 2.07. The predicted molar refractivity (Wildman–Crippen MR) is 119 cm³/mol. The molecule has 0 spiro atoms. The summed E-state index contributed by atoms with van der Waals surface area (Å²) in [5.74, 6) is 8.15. The summed E-state index contributed by atoms with van der Waals surface area (Å²) < 4.78 is 11.6. The molecule has 2 heterocycles. The van der Waals surface area contributed by atoms with E-state index in [1.807, 2.05) is 24.3 Å². The van der Waals surface area contributed by atoms with Crippen molar-refractivity contribution >= 4 is 17.4 Å². The largest absolute Gasteiger partial charge is 0.462 e. The van der Waals surface area contributed by atoms with E-state index in [0.717, 1.165) is 31.2 Å². The molecule has 0 N–H and O–H groups in total. The lowest BCUT2D eigenvalue weighted by atomic mass is 9.98. The van der Waals surface area contributed by atoms with Gasteiger partial charge in [-0.2, -0.15) is 11.3 Å². The van der Waals surface area contributed by atoms with Crippen LogP contribution in [0.3, 0.4) is 0 Å². The number of nitrogens with zero attached hydrogens (tertiary/aromatic N) is 1. The number of ether oxygens (including phenoxy) is 1. The van der Waals surface area contributed by atoms with E-state index in [4.69, 9.17) is 9.15 Å². The van der Waals surface area contributed by atoms with Crippen molar-refractivity contribution in [2.45, 2.75) is 40.8 Å². The first-order chi connectivity index (χ1) is 13.5. The van der Waals surface area contributed by atoms with Gasteiger partial charge in [-0.1, -0.05) is 37.0 Å². The molecule has 0 saturated heterocycles. The lowest BCUT2D eigenvalue weighted by molar-refractivity contribution is 0.129. The van der Waals surface area contributed by atoms with Crippen molar-refractivity contribution in [1.82, 2.24) is 4.90 Å². The van der Waals surface area contributed by atoms with Gasteiger partial charge >= 0.3 is 0 Å². The Balaban J connectivity index is 1.72. The van der Waals surface area contributed by atoms with Crippen molar-refractivity contribution in [2.24, 2.45) is 5.41 Å². The molecular formula is C24H31NO2S. The number of hydrogen-bond donors (Lipinski definition) is 0. The van der Waals surface area contributed by atoms with Crippen LogP contribution in [0.25, 0.3) is 6.08 Å². The zero-order chi connectivity index (χ0) is 20.2. The summed E-state index contributed by atoms with van der Waals surface area (Å²) in [6, 6.07) is 6.12. The molecule has 0 fully saturated rings. The maximum atomic E-state index is 5.90. The minimum absolute atomic E-state index is 0.0428. The van der Waals surface area contributed by atoms with Crippen LogP contribution in [0.4, 0.5) is 0 Å². The second-order valence-corrected chi connectivity index (χ2v) is 8.37. The molecule has 0 unspecified atom stereocenters. The fourth-order valence-corrected chi connectivity index (χ4v) is 3.04. The first kappa shape index (κ1) is 22.2. The molecule has 0 amide bonds. The van der Waals surface area contributed by atoms with Crippen LogP contribution in [0, 0.1) is 17.3 Å². The second-order valence-electron chi connectivity index (χ2n) is 7.59. The highest BCUT2D eigenvalue weighted by Crippen LogP contribution is 2.13. The van der Waals surface area contributed by atoms with Gasteiger partial charge in [-0.25, -0.2) is 0 Å². The van der Waals surface area contributed by atoms with E-state index in [2.05, 4.69) is 73.4 Å². The molecule has 28 heavy (non-hydrogen) atoms. The van der Waals surface area contributed by atoms with Gasteiger partial charge in [0.1, 0.15) is 18.1 Å². The Morgan fingerprint density at radius 2 is 2.00 bits per heavy atom. The SMILES string of the molecule is CCN(C/C=C/C#CC(C)(C)C)Cc1ccc(COC/C=C/c2ccsc2)o1. The van der Waals surface area contributed by atoms with E-state index in [0.29, 0.717) is 13.2 Å². The van der Waals surface area contributed by atoms with Crippen LogP contribution in [0.2, 0.25) is 0 Å². The summed E-state index contributed by atoms with van der Waals surface area (Å²) in [6.45, 7) is 12.2. The molecule has 0 bridgehead atoms. The summed E-state index contributed by atoms with van der Waals surface area (Å²) in [4.78, 5) is 2.31. The Morgan fingerprint density at radius 1 is 1.18 bits per heavy atom. The summed E-state index contributed by atoms with van der Waals surface area (Å²) in [5, 5.41) is 4.18. The van der Waals surface area contributed by atoms with Crippen molar-refractivity contribution in [3.05, 3.63) is 64.3 Å². The highest BCUT2D eigenvalue weighted by molar-refractivity contribution is 7.08. The molecule has 0 radical (unpaired) electrons. The molecule has 0 aromatic carbocycles. The Hall–Kier alpha value is -2.06. The standard InChI is InChI=1S/C24H31NO2S/c1-5-25(15-8-6-7-14-24(2,3)4)18-22-11-12-23(27-22)19-26-16-9-10-21-13-17-28-20-21/h6,8-13,17,20H,5,15-16,18-19H2,1-4H3/b8-6+,10-9+. The summed E-state index contributed by atoms with van der Waals surface area (Å²) >= 11 is 1.70. The Morgan fingerprint density at radius 3 is 2.71 bits per heavy atom. The maximum absolute atomic E-state index is 5.90. The van der Waals surface area contributed by atoms with Gasteiger partial charge in [-0.05, 0) is 67.9 Å². The zero-order valence-corrected chi connectivity index (χ0v) is 18.2. The molecular weight excluding hydrogens is 366 g/mol. The molecule has 150 valence electrons. The Bertz CT molecular complexity index is 798. The van der Waals surface area contributed by atoms with Gasteiger partial charge in [-0.15, -0.1) is 0 Å². The van der Waals surface area contributed by atoms with Crippen molar-refractivity contribution < 1.29 is 9.15 Å². The minimum atomic E-state index is 0.0428. The molecule has 0 atom stereocenters. The molecule has 0 aliphatic carbocycles. The molecule has 2 aromatic rings. The van der Waals surface area contributed by atoms with Crippen molar-refractivity contribution in [3.63, 3.8) is 0 Å². The van der Waals surface area contributed by atoms with Gasteiger partial charge in [0.25, 0.3) is 0 Å². The summed E-state index contributed by atoms with van der Waals surface area (Å²) in [6.07, 6.45) is 8.15. The third-order valence-corrected chi connectivity index (χ3v) is 4.57. The highest BCUT2D eigenvalue weighted by atomic mass is 32.1. The molecule has 2 aromatic heterocycles. The van der Waals surface area contributed by atoms with Crippen LogP contribution in [-0.4, -0.2) is 24.6 Å². The molecule has 2 rings (SSSR count). The lowest BCUT2D eigenvalue weighted by Crippen LogP contribution is -2.22. The quantitative estimate of drug-likeness (QED) is 0.363. The Kier molecular flexibility index (Phi) is 9.30. The van der Waals surface area contributed by atoms with E-state index < -0.39 is 0 Å². The molecule has 0 aliphatic heterocycles. The molecule has 3 nitrogen and oxygen atoms in total. The summed E-state index contributed by atoms with van der Waals surface area (Å²) in [5.41, 5.74) is 1.26. The van der Waals surface area contributed by atoms with Gasteiger partial charge in [0.2, 0.25) is 0 Å². The van der Waals surface area contributed by atoms with Crippen molar-refractivity contribution in [1.29, 1.82) is 0 Å². The van der Waals surface area contributed by atoms with Crippen molar-refractivity contribution in [2.75, 3.05) is 19.7 Å². The number of likely N-dealkylation sites (N-methyl/N-ethyl adjacent to an activating group) is 1. The number of furan rings is 1. The fourth-order valence-electron chi connectivity index (χ4n) is 2.41. The smallest absolute Gasteiger partial charge is 0.129 e. The van der Waals surface area contributed by atoms with E-state index in [9.17, 15) is 0 Å². The lowest BCUT2D eigenvalue weighted by Gasteiger charge is -2.16. The number of thiophene rings is 1. The van der Waals surface area contributed by atoms with Crippen LogP contribution in [0.1, 0.15) is 44.8 Å². The number of hydrogen-bond acceptors (Lipinski definition) is 4. The van der Waals surface area contributed by atoms with Gasteiger partial charge in [0.15, 0.2) is 0 Å². The van der Waals surface area contributed by atoms with Gasteiger partial charge in [0.05, 0.1) is 13.2 Å². The van der Waals surface area contributed by atoms with Crippen LogP contribution >= 0.6 is 11.3 Å². The maximum Gasteiger partial charge on any atom is 0.129 e. The van der Waals surface area contributed by atoms with E-state index in [1.54, 1.807) is 11.3 Å². The number of rotatable bonds is 10. The first-order valence-corrected chi connectivity index (χ1v) is 10.6. The number of allylic oxidation sites excluding steroid dienone is 1. The third kappa shape index (κ3) is 9.23. The van der Waals surface area contributed by atoms with E-state index in [-0.39, 0.29) is 5.41 Å². The van der Waals surface area contributed by atoms with Crippen LogP contribution in [0.5, 0.6) is 0 Å². The van der Waals surface area contributed by atoms with Crippen molar-refractivity contribution in [3.8, 4) is 11.8 Å². The predicted octanol–water partition coefficient (Wildman–Crippen LogP) is 6.00. The average molecular weight is 398 g/mol. The molecule has 0 aliphatic rings. The average Bonchev–Trinajstić information content (AvgIpc) is 3.31. The topological polar surface area (TPSA) is 25.6 Å². The normalized spacial score (nSPS) is 12.2. The third-order valence-electron chi connectivity index (χ3n) is 3.87. The molecule has 4 heteroatoms. The van der Waals surface area contributed by atoms with E-state index in [1.165, 1.54) is 5.56 Å². The van der Waals surface area contributed by atoms with Crippen LogP contribution in [-0.2, 0) is 17.9 Å². The Labute approximate surface area is 173 Å². The van der Waals surface area contributed by atoms with Gasteiger partial charge in [-0.3, -0.25) is 4.90 Å². The van der Waals surface area contributed by atoms with Gasteiger partial charge < -0.3 is 9.15 Å². The summed E-state index contributed by atoms with van der Waals surface area (Å²) in [7, 11) is 0. The van der Waals surface area contributed by atoms with E-state index >= 15 is 0 Å². The zero-order valence-electron chi connectivity index (χ0n) is 17.4.